The highest BCUT2D eigenvalue weighted by atomic mass is 32.1. The molecule has 0 amide bonds. The van der Waals surface area contributed by atoms with Crippen LogP contribution >= 0.6 is 11.3 Å². The minimum atomic E-state index is 0.457. The maximum absolute atomic E-state index is 3.83. The third-order valence-corrected chi connectivity index (χ3v) is 4.46. The first-order valence-corrected chi connectivity index (χ1v) is 8.07. The van der Waals surface area contributed by atoms with Gasteiger partial charge in [-0.05, 0) is 29.9 Å². The first-order chi connectivity index (χ1) is 9.35. The molecule has 102 valence electrons. The molecule has 19 heavy (non-hydrogen) atoms. The number of thiophene rings is 1. The zero-order chi connectivity index (χ0) is 13.5. The average molecular weight is 273 g/mol. The van der Waals surface area contributed by atoms with Crippen LogP contribution in [0.1, 0.15) is 55.6 Å². The van der Waals surface area contributed by atoms with Gasteiger partial charge in [-0.15, -0.1) is 11.3 Å². The average Bonchev–Trinajstić information content (AvgIpc) is 2.98. The van der Waals surface area contributed by atoms with Crippen molar-refractivity contribution in [3.8, 4) is 0 Å². The highest BCUT2D eigenvalue weighted by molar-refractivity contribution is 7.10. The van der Waals surface area contributed by atoms with Gasteiger partial charge in [0.2, 0.25) is 0 Å². The molecule has 1 aromatic carbocycles. The highest BCUT2D eigenvalue weighted by Gasteiger charge is 2.17. The quantitative estimate of drug-likeness (QED) is 0.719. The van der Waals surface area contributed by atoms with Gasteiger partial charge in [0.25, 0.3) is 0 Å². The van der Waals surface area contributed by atoms with E-state index in [1.807, 2.05) is 11.3 Å². The molecule has 0 fully saturated rings. The predicted molar refractivity (Wildman–Crippen MR) is 84.6 cm³/mol. The third kappa shape index (κ3) is 3.92. The molecule has 0 radical (unpaired) electrons. The number of hydrogen-bond acceptors (Lipinski definition) is 2. The molecule has 2 rings (SSSR count). The number of rotatable bonds is 7. The maximum atomic E-state index is 3.83. The molecule has 1 heterocycles. The molecule has 2 heteroatoms. The van der Waals surface area contributed by atoms with E-state index in [1.165, 1.54) is 23.3 Å². The van der Waals surface area contributed by atoms with Crippen LogP contribution in [0.3, 0.4) is 0 Å². The van der Waals surface area contributed by atoms with Crippen LogP contribution in [0.15, 0.2) is 47.8 Å². The summed E-state index contributed by atoms with van der Waals surface area (Å²) in [5, 5.41) is 6.00. The van der Waals surface area contributed by atoms with Crippen molar-refractivity contribution < 1.29 is 0 Å². The van der Waals surface area contributed by atoms with Gasteiger partial charge in [0.05, 0.1) is 0 Å². The van der Waals surface area contributed by atoms with Crippen LogP contribution in [0.4, 0.5) is 0 Å². The van der Waals surface area contributed by atoms with E-state index in [2.05, 4.69) is 67.0 Å². The van der Waals surface area contributed by atoms with Crippen molar-refractivity contribution in [2.75, 3.05) is 0 Å². The van der Waals surface area contributed by atoms with E-state index in [-0.39, 0.29) is 0 Å². The van der Waals surface area contributed by atoms with Crippen molar-refractivity contribution in [3.63, 3.8) is 0 Å². The first kappa shape index (κ1) is 14.3. The molecule has 0 aliphatic heterocycles. The fraction of sp³-hybridized carbons (Fsp3) is 0.412. The molecular weight excluding hydrogens is 250 g/mol. The summed E-state index contributed by atoms with van der Waals surface area (Å²) in [6.07, 6.45) is 3.52. The van der Waals surface area contributed by atoms with Crippen molar-refractivity contribution in [2.24, 2.45) is 0 Å². The topological polar surface area (TPSA) is 12.0 Å². The summed E-state index contributed by atoms with van der Waals surface area (Å²) in [6, 6.07) is 16.1. The van der Waals surface area contributed by atoms with Gasteiger partial charge in [-0.3, -0.25) is 0 Å². The van der Waals surface area contributed by atoms with E-state index in [4.69, 9.17) is 0 Å². The van der Waals surface area contributed by atoms with Crippen molar-refractivity contribution in [3.05, 3.63) is 58.3 Å². The van der Waals surface area contributed by atoms with Crippen LogP contribution in [0, 0.1) is 0 Å². The Morgan fingerprint density at radius 2 is 1.79 bits per heavy atom. The van der Waals surface area contributed by atoms with Gasteiger partial charge in [-0.1, -0.05) is 56.7 Å². The van der Waals surface area contributed by atoms with E-state index in [0.29, 0.717) is 12.1 Å². The second-order valence-corrected chi connectivity index (χ2v) is 5.87. The Hall–Kier alpha value is -1.12. The van der Waals surface area contributed by atoms with Crippen LogP contribution in [-0.4, -0.2) is 0 Å². The Morgan fingerprint density at radius 3 is 2.37 bits per heavy atom. The Morgan fingerprint density at radius 1 is 1.00 bits per heavy atom. The van der Waals surface area contributed by atoms with Crippen molar-refractivity contribution in [1.82, 2.24) is 5.32 Å². The maximum Gasteiger partial charge on any atom is 0.0417 e. The van der Waals surface area contributed by atoms with Crippen molar-refractivity contribution >= 4 is 11.3 Å². The van der Waals surface area contributed by atoms with Gasteiger partial charge >= 0.3 is 0 Å². The Kier molecular flexibility index (Phi) is 5.62. The van der Waals surface area contributed by atoms with E-state index in [1.54, 1.807) is 0 Å². The fourth-order valence-electron chi connectivity index (χ4n) is 2.45. The molecule has 0 aliphatic rings. The third-order valence-electron chi connectivity index (χ3n) is 3.48. The van der Waals surface area contributed by atoms with E-state index < -0.39 is 0 Å². The van der Waals surface area contributed by atoms with Gasteiger partial charge in [-0.25, -0.2) is 0 Å². The van der Waals surface area contributed by atoms with Crippen LogP contribution < -0.4 is 5.32 Å². The van der Waals surface area contributed by atoms with Crippen LogP contribution in [0.5, 0.6) is 0 Å². The molecule has 0 saturated carbocycles. The predicted octanol–water partition coefficient (Wildman–Crippen LogP) is 5.33. The molecule has 0 spiro atoms. The minimum absolute atomic E-state index is 0.457. The summed E-state index contributed by atoms with van der Waals surface area (Å²) in [5.74, 6) is 0. The van der Waals surface area contributed by atoms with Crippen LogP contribution in [0.25, 0.3) is 0 Å². The molecule has 0 saturated heterocycles. The number of nitrogens with one attached hydrogen (secondary N) is 1. The van der Waals surface area contributed by atoms with Crippen LogP contribution in [-0.2, 0) is 0 Å². The molecule has 2 aromatic rings. The molecular formula is C17H23NS. The lowest BCUT2D eigenvalue weighted by molar-refractivity contribution is 0.417. The molecule has 1 nitrogen and oxygen atoms in total. The standard InChI is InChI=1S/C17H23NS/c1-3-9-16(14-10-6-5-7-11-14)18-15(4-2)17-12-8-13-19-17/h5-8,10-13,15-16,18H,3-4,9H2,1-2H3. The molecule has 2 atom stereocenters. The monoisotopic (exact) mass is 273 g/mol. The fourth-order valence-corrected chi connectivity index (χ4v) is 3.32. The zero-order valence-electron chi connectivity index (χ0n) is 11.8. The zero-order valence-corrected chi connectivity index (χ0v) is 12.6. The molecule has 0 bridgehead atoms. The summed E-state index contributed by atoms with van der Waals surface area (Å²) < 4.78 is 0. The lowest BCUT2D eigenvalue weighted by Crippen LogP contribution is -2.25. The molecule has 1 N–H and O–H groups in total. The normalized spacial score (nSPS) is 14.2. The van der Waals surface area contributed by atoms with E-state index >= 15 is 0 Å². The Bertz CT molecular complexity index is 449. The molecule has 0 aliphatic carbocycles. The number of hydrogen-bond donors (Lipinski definition) is 1. The summed E-state index contributed by atoms with van der Waals surface area (Å²) in [4.78, 5) is 1.44. The largest absolute Gasteiger partial charge is 0.302 e. The minimum Gasteiger partial charge on any atom is -0.302 e. The number of benzene rings is 1. The van der Waals surface area contributed by atoms with Gasteiger partial charge in [0.15, 0.2) is 0 Å². The first-order valence-electron chi connectivity index (χ1n) is 7.19. The van der Waals surface area contributed by atoms with E-state index in [9.17, 15) is 0 Å². The Balaban J connectivity index is 2.12. The SMILES string of the molecule is CCCC(NC(CC)c1cccs1)c1ccccc1. The van der Waals surface area contributed by atoms with Crippen molar-refractivity contribution in [2.45, 2.75) is 45.2 Å². The Labute approximate surface area is 120 Å². The lowest BCUT2D eigenvalue weighted by Gasteiger charge is -2.24. The lowest BCUT2D eigenvalue weighted by atomic mass is 10.0. The highest BCUT2D eigenvalue weighted by Crippen LogP contribution is 2.27. The summed E-state index contributed by atoms with van der Waals surface area (Å²) >= 11 is 1.85. The van der Waals surface area contributed by atoms with Gasteiger partial charge < -0.3 is 5.32 Å². The van der Waals surface area contributed by atoms with Gasteiger partial charge in [0, 0.05) is 17.0 Å². The summed E-state index contributed by atoms with van der Waals surface area (Å²) in [6.45, 7) is 4.51. The molecule has 2 unspecified atom stereocenters. The van der Waals surface area contributed by atoms with Crippen molar-refractivity contribution in [1.29, 1.82) is 0 Å². The summed E-state index contributed by atoms with van der Waals surface area (Å²) in [7, 11) is 0. The molecule has 1 aromatic heterocycles. The van der Waals surface area contributed by atoms with Gasteiger partial charge in [-0.2, -0.15) is 0 Å². The second-order valence-electron chi connectivity index (χ2n) is 4.89. The van der Waals surface area contributed by atoms with Gasteiger partial charge in [0.1, 0.15) is 0 Å². The van der Waals surface area contributed by atoms with Crippen LogP contribution in [0.2, 0.25) is 0 Å². The summed E-state index contributed by atoms with van der Waals surface area (Å²) in [5.41, 5.74) is 1.40. The smallest absolute Gasteiger partial charge is 0.0417 e. The second kappa shape index (κ2) is 7.46. The van der Waals surface area contributed by atoms with E-state index in [0.717, 1.165) is 6.42 Å².